The average Bonchev–Trinajstić information content (AvgIpc) is 2.60. The van der Waals surface area contributed by atoms with Crippen molar-refractivity contribution in [1.82, 2.24) is 9.88 Å². The summed E-state index contributed by atoms with van der Waals surface area (Å²) in [6.07, 6.45) is 0. The first-order valence-corrected chi connectivity index (χ1v) is 8.30. The number of aliphatic carboxylic acids is 1. The summed E-state index contributed by atoms with van der Waals surface area (Å²) in [6.45, 7) is 1.90. The molecule has 0 aliphatic heterocycles. The molecule has 0 bridgehead atoms. The van der Waals surface area contributed by atoms with E-state index in [0.717, 1.165) is 27.7 Å². The van der Waals surface area contributed by atoms with E-state index in [1.165, 1.54) is 5.56 Å². The van der Waals surface area contributed by atoms with E-state index in [4.69, 9.17) is 22.3 Å². The molecule has 1 heterocycles. The van der Waals surface area contributed by atoms with Crippen LogP contribution in [0.5, 0.6) is 0 Å². The highest BCUT2D eigenvalue weighted by Crippen LogP contribution is 2.26. The van der Waals surface area contributed by atoms with Gasteiger partial charge in [0.25, 0.3) is 0 Å². The molecular weight excluding hydrogens is 332 g/mol. The maximum absolute atomic E-state index is 11.0. The second-order valence-corrected chi connectivity index (χ2v) is 6.38. The molecule has 0 aliphatic carbocycles. The molecule has 0 saturated carbocycles. The van der Waals surface area contributed by atoms with Gasteiger partial charge < -0.3 is 10.0 Å². The van der Waals surface area contributed by atoms with Crippen molar-refractivity contribution >= 4 is 34.1 Å². The number of pyridine rings is 1. The maximum Gasteiger partial charge on any atom is 0.323 e. The highest BCUT2D eigenvalue weighted by Gasteiger charge is 2.15. The molecule has 0 radical (unpaired) electrons. The molecule has 25 heavy (non-hydrogen) atoms. The first-order valence-electron chi connectivity index (χ1n) is 7.90. The van der Waals surface area contributed by atoms with Crippen molar-refractivity contribution in [1.29, 1.82) is 0 Å². The van der Waals surface area contributed by atoms with Gasteiger partial charge in [-0.2, -0.15) is 0 Å². The van der Waals surface area contributed by atoms with Gasteiger partial charge in [-0.3, -0.25) is 4.79 Å². The summed E-state index contributed by atoms with van der Waals surface area (Å²) in [6, 6.07) is 17.8. The number of benzene rings is 2. The number of hydrogen-bond acceptors (Lipinski definition) is 3. The summed E-state index contributed by atoms with van der Waals surface area (Å²) in [4.78, 5) is 17.8. The SMILES string of the molecule is Cc1ccc(-c2cc(C(=S)N(C)CC(=O)O)c3ccccc3n2)cc1. The molecule has 126 valence electrons. The molecular formula is C20H18N2O2S. The van der Waals surface area contributed by atoms with Crippen LogP contribution >= 0.6 is 12.2 Å². The topological polar surface area (TPSA) is 53.4 Å². The Morgan fingerprint density at radius 1 is 1.16 bits per heavy atom. The predicted molar refractivity (Wildman–Crippen MR) is 104 cm³/mol. The Labute approximate surface area is 151 Å². The number of fused-ring (bicyclic) bond motifs is 1. The number of rotatable bonds is 4. The van der Waals surface area contributed by atoms with Gasteiger partial charge in [-0.1, -0.05) is 60.2 Å². The Hall–Kier alpha value is -2.79. The quantitative estimate of drug-likeness (QED) is 0.723. The second-order valence-electron chi connectivity index (χ2n) is 5.99. The van der Waals surface area contributed by atoms with Gasteiger partial charge >= 0.3 is 5.97 Å². The van der Waals surface area contributed by atoms with Crippen LogP contribution in [0.4, 0.5) is 0 Å². The van der Waals surface area contributed by atoms with Crippen molar-refractivity contribution < 1.29 is 9.90 Å². The van der Waals surface area contributed by atoms with Crippen LogP contribution in [0.2, 0.25) is 0 Å². The lowest BCUT2D eigenvalue weighted by Gasteiger charge is -2.19. The lowest BCUT2D eigenvalue weighted by Crippen LogP contribution is -2.31. The molecule has 1 N–H and O–H groups in total. The molecule has 0 atom stereocenters. The molecule has 0 amide bonds. The fourth-order valence-electron chi connectivity index (χ4n) is 2.70. The van der Waals surface area contributed by atoms with Crippen LogP contribution in [0.3, 0.4) is 0 Å². The lowest BCUT2D eigenvalue weighted by atomic mass is 10.0. The normalized spacial score (nSPS) is 10.6. The Morgan fingerprint density at radius 3 is 2.52 bits per heavy atom. The van der Waals surface area contributed by atoms with Gasteiger partial charge in [-0.25, -0.2) is 4.98 Å². The highest BCUT2D eigenvalue weighted by atomic mass is 32.1. The van der Waals surface area contributed by atoms with Crippen molar-refractivity contribution in [3.8, 4) is 11.3 Å². The number of likely N-dealkylation sites (N-methyl/N-ethyl adjacent to an activating group) is 1. The van der Waals surface area contributed by atoms with Crippen LogP contribution in [-0.4, -0.2) is 39.5 Å². The van der Waals surface area contributed by atoms with Gasteiger partial charge in [0.05, 0.1) is 11.2 Å². The minimum atomic E-state index is -0.915. The van der Waals surface area contributed by atoms with E-state index >= 15 is 0 Å². The Balaban J connectivity index is 2.14. The molecule has 4 nitrogen and oxygen atoms in total. The summed E-state index contributed by atoms with van der Waals surface area (Å²) in [5, 5.41) is 9.96. The standard InChI is InChI=1S/C20H18N2O2S/c1-13-7-9-14(10-8-13)18-11-16(20(25)22(2)12-19(23)24)15-5-3-4-6-17(15)21-18/h3-11H,12H2,1-2H3,(H,23,24). The van der Waals surface area contributed by atoms with E-state index in [-0.39, 0.29) is 6.54 Å². The zero-order valence-corrected chi connectivity index (χ0v) is 14.9. The van der Waals surface area contributed by atoms with Crippen molar-refractivity contribution in [2.24, 2.45) is 0 Å². The molecule has 0 fully saturated rings. The number of hydrogen-bond donors (Lipinski definition) is 1. The number of carboxylic acid groups (broad SMARTS) is 1. The van der Waals surface area contributed by atoms with Crippen LogP contribution in [0, 0.1) is 6.92 Å². The Kier molecular flexibility index (Phi) is 4.76. The first kappa shape index (κ1) is 17.0. The van der Waals surface area contributed by atoms with Crippen molar-refractivity contribution in [2.75, 3.05) is 13.6 Å². The van der Waals surface area contributed by atoms with Crippen LogP contribution in [0.1, 0.15) is 11.1 Å². The molecule has 3 rings (SSSR count). The summed E-state index contributed by atoms with van der Waals surface area (Å²) < 4.78 is 0. The monoisotopic (exact) mass is 350 g/mol. The fraction of sp³-hybridized carbons (Fsp3) is 0.150. The number of carboxylic acids is 1. The number of aryl methyl sites for hydroxylation is 1. The average molecular weight is 350 g/mol. The summed E-state index contributed by atoms with van der Waals surface area (Å²) in [5.41, 5.74) is 4.66. The highest BCUT2D eigenvalue weighted by molar-refractivity contribution is 7.80. The van der Waals surface area contributed by atoms with Gasteiger partial charge in [0, 0.05) is 23.6 Å². The van der Waals surface area contributed by atoms with Crippen molar-refractivity contribution in [3.05, 3.63) is 65.7 Å². The van der Waals surface area contributed by atoms with E-state index in [1.54, 1.807) is 11.9 Å². The molecule has 5 heteroatoms. The number of aromatic nitrogens is 1. The van der Waals surface area contributed by atoms with E-state index in [1.807, 2.05) is 61.5 Å². The summed E-state index contributed by atoms with van der Waals surface area (Å²) >= 11 is 5.55. The largest absolute Gasteiger partial charge is 0.480 e. The number of para-hydroxylation sites is 1. The van der Waals surface area contributed by atoms with Gasteiger partial charge in [-0.05, 0) is 19.1 Å². The van der Waals surface area contributed by atoms with Gasteiger partial charge in [0.1, 0.15) is 11.5 Å². The number of carbonyl (C=O) groups is 1. The first-order chi connectivity index (χ1) is 12.0. The predicted octanol–water partition coefficient (Wildman–Crippen LogP) is 3.90. The zero-order valence-electron chi connectivity index (χ0n) is 14.1. The maximum atomic E-state index is 11.0. The third-order valence-corrected chi connectivity index (χ3v) is 4.54. The van der Waals surface area contributed by atoms with E-state index < -0.39 is 5.97 Å². The molecule has 1 aromatic heterocycles. The summed E-state index contributed by atoms with van der Waals surface area (Å²) in [7, 11) is 1.69. The minimum Gasteiger partial charge on any atom is -0.480 e. The lowest BCUT2D eigenvalue weighted by molar-refractivity contribution is -0.137. The second kappa shape index (κ2) is 6.99. The van der Waals surface area contributed by atoms with Crippen LogP contribution < -0.4 is 0 Å². The molecule has 2 aromatic carbocycles. The third kappa shape index (κ3) is 3.67. The third-order valence-electron chi connectivity index (χ3n) is 4.01. The zero-order chi connectivity index (χ0) is 18.0. The Bertz CT molecular complexity index is 952. The van der Waals surface area contributed by atoms with E-state index in [2.05, 4.69) is 0 Å². The van der Waals surface area contributed by atoms with Crippen molar-refractivity contribution in [2.45, 2.75) is 6.92 Å². The fourth-order valence-corrected chi connectivity index (χ4v) is 2.94. The molecule has 0 unspecified atom stereocenters. The van der Waals surface area contributed by atoms with Gasteiger partial charge in [0.2, 0.25) is 0 Å². The van der Waals surface area contributed by atoms with E-state index in [0.29, 0.717) is 4.99 Å². The van der Waals surface area contributed by atoms with E-state index in [9.17, 15) is 4.79 Å². The van der Waals surface area contributed by atoms with Gasteiger partial charge in [0.15, 0.2) is 0 Å². The smallest absolute Gasteiger partial charge is 0.323 e. The molecule has 0 aliphatic rings. The van der Waals surface area contributed by atoms with Gasteiger partial charge in [-0.15, -0.1) is 0 Å². The van der Waals surface area contributed by atoms with Crippen LogP contribution in [0.15, 0.2) is 54.6 Å². The molecule has 0 spiro atoms. The van der Waals surface area contributed by atoms with Crippen LogP contribution in [-0.2, 0) is 4.79 Å². The van der Waals surface area contributed by atoms with Crippen molar-refractivity contribution in [3.63, 3.8) is 0 Å². The number of nitrogens with zero attached hydrogens (tertiary/aromatic N) is 2. The molecule has 3 aromatic rings. The molecule has 0 saturated heterocycles. The van der Waals surface area contributed by atoms with Crippen LogP contribution in [0.25, 0.3) is 22.2 Å². The minimum absolute atomic E-state index is 0.144. The summed E-state index contributed by atoms with van der Waals surface area (Å²) in [5.74, 6) is -0.915. The number of thiocarbonyl (C=S) groups is 1. The Morgan fingerprint density at radius 2 is 1.84 bits per heavy atom.